The Morgan fingerprint density at radius 2 is 1.69 bits per heavy atom. The average molecular weight is 214 g/mol. The summed E-state index contributed by atoms with van der Waals surface area (Å²) in [5.41, 5.74) is 1.15. The molecule has 1 aromatic heterocycles. The molecule has 0 N–H and O–H groups in total. The minimum atomic E-state index is -0.619. The van der Waals surface area contributed by atoms with Crippen molar-refractivity contribution in [3.05, 3.63) is 47.7 Å². The van der Waals surface area contributed by atoms with Gasteiger partial charge < -0.3 is 9.15 Å². The normalized spacial score (nSPS) is 13.8. The maximum Gasteiger partial charge on any atom is 0.347 e. The minimum Gasteiger partial charge on any atom is -0.464 e. The number of fused-ring (bicyclic) bond motifs is 1. The molecule has 0 saturated carbocycles. The fourth-order valence-electron chi connectivity index (χ4n) is 1.77. The third-order valence-electron chi connectivity index (χ3n) is 2.46. The van der Waals surface area contributed by atoms with Crippen molar-refractivity contribution >= 4 is 11.9 Å². The van der Waals surface area contributed by atoms with Crippen molar-refractivity contribution in [3.63, 3.8) is 0 Å². The lowest BCUT2D eigenvalue weighted by Crippen LogP contribution is -1.97. The van der Waals surface area contributed by atoms with E-state index < -0.39 is 11.9 Å². The van der Waals surface area contributed by atoms with Crippen LogP contribution in [0, 0.1) is 0 Å². The van der Waals surface area contributed by atoms with E-state index in [0.29, 0.717) is 16.9 Å². The van der Waals surface area contributed by atoms with E-state index in [9.17, 15) is 9.59 Å². The molecule has 4 nitrogen and oxygen atoms in total. The highest BCUT2D eigenvalue weighted by Crippen LogP contribution is 2.31. The van der Waals surface area contributed by atoms with Crippen molar-refractivity contribution in [2.75, 3.05) is 0 Å². The molecule has 0 spiro atoms. The van der Waals surface area contributed by atoms with Crippen LogP contribution in [0.3, 0.4) is 0 Å². The largest absolute Gasteiger partial charge is 0.464 e. The number of benzene rings is 1. The molecule has 0 aliphatic carbocycles. The van der Waals surface area contributed by atoms with E-state index in [1.165, 1.54) is 6.26 Å². The number of hydrogen-bond donors (Lipinski definition) is 0. The Morgan fingerprint density at radius 3 is 2.44 bits per heavy atom. The van der Waals surface area contributed by atoms with Gasteiger partial charge in [0.2, 0.25) is 0 Å². The number of esters is 2. The van der Waals surface area contributed by atoms with E-state index in [-0.39, 0.29) is 5.56 Å². The van der Waals surface area contributed by atoms with Gasteiger partial charge in [0.05, 0.1) is 17.4 Å². The van der Waals surface area contributed by atoms with Crippen LogP contribution in [0.15, 0.2) is 41.0 Å². The first-order valence-electron chi connectivity index (χ1n) is 4.71. The maximum atomic E-state index is 11.5. The quantitative estimate of drug-likeness (QED) is 0.539. The van der Waals surface area contributed by atoms with Crippen molar-refractivity contribution in [2.24, 2.45) is 0 Å². The van der Waals surface area contributed by atoms with Crippen LogP contribution in [0.5, 0.6) is 0 Å². The van der Waals surface area contributed by atoms with Crippen LogP contribution in [0.4, 0.5) is 0 Å². The lowest BCUT2D eigenvalue weighted by Gasteiger charge is -2.00. The molecule has 0 unspecified atom stereocenters. The number of carbonyl (C=O) groups is 2. The van der Waals surface area contributed by atoms with Crippen LogP contribution in [0.25, 0.3) is 11.3 Å². The molecule has 1 aromatic carbocycles. The van der Waals surface area contributed by atoms with Gasteiger partial charge >= 0.3 is 11.9 Å². The summed E-state index contributed by atoms with van der Waals surface area (Å²) in [6.45, 7) is 0. The van der Waals surface area contributed by atoms with E-state index in [1.54, 1.807) is 30.3 Å². The minimum absolute atomic E-state index is 0.280. The highest BCUT2D eigenvalue weighted by Gasteiger charge is 2.32. The highest BCUT2D eigenvalue weighted by atomic mass is 16.6. The zero-order chi connectivity index (χ0) is 11.1. The third-order valence-corrected chi connectivity index (χ3v) is 2.46. The summed E-state index contributed by atoms with van der Waals surface area (Å²) >= 11 is 0. The van der Waals surface area contributed by atoms with Crippen LogP contribution in [0.2, 0.25) is 0 Å². The summed E-state index contributed by atoms with van der Waals surface area (Å²) < 4.78 is 9.76. The summed E-state index contributed by atoms with van der Waals surface area (Å²) in [5.74, 6) is -0.677. The van der Waals surface area contributed by atoms with Crippen molar-refractivity contribution < 1.29 is 18.7 Å². The van der Waals surface area contributed by atoms with E-state index in [2.05, 4.69) is 4.74 Å². The van der Waals surface area contributed by atoms with Gasteiger partial charge in [-0.3, -0.25) is 0 Å². The Bertz CT molecular complexity index is 581. The molecule has 4 heteroatoms. The van der Waals surface area contributed by atoms with E-state index in [0.717, 1.165) is 0 Å². The second-order valence-corrected chi connectivity index (χ2v) is 3.38. The van der Waals surface area contributed by atoms with Crippen LogP contribution >= 0.6 is 0 Å². The second-order valence-electron chi connectivity index (χ2n) is 3.38. The van der Waals surface area contributed by atoms with Gasteiger partial charge in [0.1, 0.15) is 5.76 Å². The molecule has 0 fully saturated rings. The first-order chi connectivity index (χ1) is 7.77. The molecule has 1 aliphatic rings. The second kappa shape index (κ2) is 3.06. The standard InChI is InChI=1S/C12H6O4/c13-11-8-4-1-3-7(9-5-2-6-15-9)10(8)12(14)16-11/h1-6H. The molecule has 2 aromatic rings. The molecule has 78 valence electrons. The fraction of sp³-hybridized carbons (Fsp3) is 0. The molecular formula is C12H6O4. The zero-order valence-electron chi connectivity index (χ0n) is 8.10. The predicted octanol–water partition coefficient (Wildman–Crippen LogP) is 2.26. The third kappa shape index (κ3) is 1.10. The van der Waals surface area contributed by atoms with Crippen LogP contribution in [-0.2, 0) is 4.74 Å². The van der Waals surface area contributed by atoms with Crippen molar-refractivity contribution in [3.8, 4) is 11.3 Å². The molecular weight excluding hydrogens is 208 g/mol. The van der Waals surface area contributed by atoms with Gasteiger partial charge in [-0.25, -0.2) is 9.59 Å². The van der Waals surface area contributed by atoms with Gasteiger partial charge in [0.15, 0.2) is 0 Å². The van der Waals surface area contributed by atoms with Crippen molar-refractivity contribution in [1.29, 1.82) is 0 Å². The predicted molar refractivity (Wildman–Crippen MR) is 53.9 cm³/mol. The number of ether oxygens (including phenoxy) is 1. The first-order valence-corrected chi connectivity index (χ1v) is 4.71. The van der Waals surface area contributed by atoms with Crippen LogP contribution in [-0.4, -0.2) is 11.9 Å². The molecule has 0 amide bonds. The number of cyclic esters (lactones) is 2. The van der Waals surface area contributed by atoms with Gasteiger partial charge in [-0.05, 0) is 18.2 Å². The van der Waals surface area contributed by atoms with Gasteiger partial charge in [-0.15, -0.1) is 0 Å². The van der Waals surface area contributed by atoms with Gasteiger partial charge in [-0.1, -0.05) is 12.1 Å². The maximum absolute atomic E-state index is 11.5. The summed E-state index contributed by atoms with van der Waals surface area (Å²) in [7, 11) is 0. The SMILES string of the molecule is O=C1OC(=O)c2c1cccc2-c1ccco1. The lowest BCUT2D eigenvalue weighted by molar-refractivity contribution is 0.0444. The molecule has 1 aliphatic heterocycles. The molecule has 0 radical (unpaired) electrons. The number of furan rings is 1. The molecule has 16 heavy (non-hydrogen) atoms. The summed E-state index contributed by atoms with van der Waals surface area (Å²) in [4.78, 5) is 22.8. The monoisotopic (exact) mass is 214 g/mol. The summed E-state index contributed by atoms with van der Waals surface area (Å²) in [6.07, 6.45) is 1.51. The zero-order valence-corrected chi connectivity index (χ0v) is 8.10. The smallest absolute Gasteiger partial charge is 0.347 e. The van der Waals surface area contributed by atoms with Gasteiger partial charge in [0, 0.05) is 5.56 Å². The Hall–Kier alpha value is -2.36. The summed E-state index contributed by atoms with van der Waals surface area (Å²) in [6, 6.07) is 8.42. The Kier molecular flexibility index (Phi) is 1.71. The van der Waals surface area contributed by atoms with Crippen molar-refractivity contribution in [2.45, 2.75) is 0 Å². The Balaban J connectivity index is 2.30. The molecule has 0 atom stereocenters. The van der Waals surface area contributed by atoms with Gasteiger partial charge in [-0.2, -0.15) is 0 Å². The highest BCUT2D eigenvalue weighted by molar-refractivity contribution is 6.17. The van der Waals surface area contributed by atoms with Crippen LogP contribution in [0.1, 0.15) is 20.7 Å². The first kappa shape index (κ1) is 8.91. The number of hydrogen-bond acceptors (Lipinski definition) is 4. The number of rotatable bonds is 1. The van der Waals surface area contributed by atoms with E-state index >= 15 is 0 Å². The average Bonchev–Trinajstić information content (AvgIpc) is 2.88. The fourth-order valence-corrected chi connectivity index (χ4v) is 1.77. The summed E-state index contributed by atoms with van der Waals surface area (Å²) in [5, 5.41) is 0. The number of carbonyl (C=O) groups excluding carboxylic acids is 2. The molecule has 3 rings (SSSR count). The van der Waals surface area contributed by atoms with Gasteiger partial charge in [0.25, 0.3) is 0 Å². The lowest BCUT2D eigenvalue weighted by atomic mass is 10.0. The Labute approximate surface area is 90.4 Å². The topological polar surface area (TPSA) is 56.5 Å². The molecule has 0 saturated heterocycles. The Morgan fingerprint density at radius 1 is 0.875 bits per heavy atom. The van der Waals surface area contributed by atoms with E-state index in [4.69, 9.17) is 4.42 Å². The van der Waals surface area contributed by atoms with Crippen molar-refractivity contribution in [1.82, 2.24) is 0 Å². The molecule has 0 bridgehead atoms. The molecule has 2 heterocycles. The van der Waals surface area contributed by atoms with E-state index in [1.807, 2.05) is 0 Å². The van der Waals surface area contributed by atoms with Crippen LogP contribution < -0.4 is 0 Å².